The smallest absolute Gasteiger partial charge is 0.253 e. The molecule has 3 rings (SSSR count). The van der Waals surface area contributed by atoms with Crippen molar-refractivity contribution in [3.63, 3.8) is 0 Å². The van der Waals surface area contributed by atoms with E-state index in [1.54, 1.807) is 12.4 Å². The largest absolute Gasteiger partial charge is 0.368 e. The van der Waals surface area contributed by atoms with Crippen molar-refractivity contribution in [3.05, 3.63) is 42.2 Å². The van der Waals surface area contributed by atoms with Crippen molar-refractivity contribution in [2.75, 3.05) is 32.9 Å². The molecule has 0 saturated carbocycles. The van der Waals surface area contributed by atoms with E-state index in [9.17, 15) is 4.79 Å². The van der Waals surface area contributed by atoms with Gasteiger partial charge in [-0.1, -0.05) is 12.1 Å². The van der Waals surface area contributed by atoms with Crippen LogP contribution in [0.5, 0.6) is 0 Å². The molecular weight excluding hydrogens is 290 g/mol. The molecule has 1 aliphatic heterocycles. The Morgan fingerprint density at radius 2 is 2.00 bits per heavy atom. The summed E-state index contributed by atoms with van der Waals surface area (Å²) in [6, 6.07) is 8.01. The minimum atomic E-state index is 0.0764. The molecule has 0 aliphatic carbocycles. The summed E-state index contributed by atoms with van der Waals surface area (Å²) >= 11 is 0. The Balaban J connectivity index is 1.80. The van der Waals surface area contributed by atoms with E-state index in [0.29, 0.717) is 11.6 Å². The standard InChI is InChI=1S/C17H21N5O/c1-21(2)15-6-7-22(11-15)16(23)13-5-3-4-12(8-13)14-9-19-17(18)20-10-14/h3-5,8-10,15H,6-7,11H2,1-2H3,(H2,18,19,20)/t15-/m0/s1. The number of aromatic nitrogens is 2. The van der Waals surface area contributed by atoms with Crippen LogP contribution in [-0.2, 0) is 0 Å². The SMILES string of the molecule is CN(C)[C@H]1CCN(C(=O)c2cccc(-c3cnc(N)nc3)c2)C1. The van der Waals surface area contributed by atoms with Crippen molar-refractivity contribution >= 4 is 11.9 Å². The highest BCUT2D eigenvalue weighted by atomic mass is 16.2. The number of anilines is 1. The third-order valence-corrected chi connectivity index (χ3v) is 4.30. The summed E-state index contributed by atoms with van der Waals surface area (Å²) in [5.74, 6) is 0.320. The third kappa shape index (κ3) is 3.32. The monoisotopic (exact) mass is 311 g/mol. The Bertz CT molecular complexity index is 698. The maximum atomic E-state index is 12.7. The van der Waals surface area contributed by atoms with Crippen LogP contribution in [0.1, 0.15) is 16.8 Å². The first kappa shape index (κ1) is 15.4. The van der Waals surface area contributed by atoms with E-state index in [-0.39, 0.29) is 11.9 Å². The predicted octanol–water partition coefficient (Wildman–Crippen LogP) is 1.50. The highest BCUT2D eigenvalue weighted by molar-refractivity contribution is 5.95. The zero-order chi connectivity index (χ0) is 16.4. The van der Waals surface area contributed by atoms with E-state index in [1.807, 2.05) is 29.2 Å². The molecule has 2 N–H and O–H groups in total. The summed E-state index contributed by atoms with van der Waals surface area (Å²) in [4.78, 5) is 24.8. The summed E-state index contributed by atoms with van der Waals surface area (Å²) in [6.45, 7) is 1.58. The molecular formula is C17H21N5O. The third-order valence-electron chi connectivity index (χ3n) is 4.30. The van der Waals surface area contributed by atoms with Crippen molar-refractivity contribution in [1.82, 2.24) is 19.8 Å². The molecule has 6 nitrogen and oxygen atoms in total. The van der Waals surface area contributed by atoms with Crippen LogP contribution in [0.2, 0.25) is 0 Å². The van der Waals surface area contributed by atoms with Crippen LogP contribution in [0.25, 0.3) is 11.1 Å². The Hall–Kier alpha value is -2.47. The molecule has 0 radical (unpaired) electrons. The van der Waals surface area contributed by atoms with E-state index in [0.717, 1.165) is 30.6 Å². The molecule has 1 atom stereocenters. The molecule has 120 valence electrons. The molecule has 0 unspecified atom stereocenters. The molecule has 1 aliphatic rings. The summed E-state index contributed by atoms with van der Waals surface area (Å²) in [5.41, 5.74) is 7.97. The second-order valence-corrected chi connectivity index (χ2v) is 6.07. The van der Waals surface area contributed by atoms with Crippen LogP contribution in [0.3, 0.4) is 0 Å². The average Bonchev–Trinajstić information content (AvgIpc) is 3.05. The molecule has 1 saturated heterocycles. The van der Waals surface area contributed by atoms with Crippen molar-refractivity contribution in [1.29, 1.82) is 0 Å². The van der Waals surface area contributed by atoms with Gasteiger partial charge in [-0.15, -0.1) is 0 Å². The second kappa shape index (κ2) is 6.34. The Morgan fingerprint density at radius 1 is 1.26 bits per heavy atom. The Morgan fingerprint density at radius 3 is 2.65 bits per heavy atom. The van der Waals surface area contributed by atoms with E-state index < -0.39 is 0 Å². The minimum Gasteiger partial charge on any atom is -0.368 e. The van der Waals surface area contributed by atoms with Gasteiger partial charge in [-0.25, -0.2) is 9.97 Å². The number of likely N-dealkylation sites (tertiary alicyclic amines) is 1. The zero-order valence-electron chi connectivity index (χ0n) is 13.4. The summed E-state index contributed by atoms with van der Waals surface area (Å²) in [7, 11) is 4.11. The molecule has 2 aromatic rings. The number of hydrogen-bond donors (Lipinski definition) is 1. The van der Waals surface area contributed by atoms with Gasteiger partial charge in [-0.3, -0.25) is 4.79 Å². The average molecular weight is 311 g/mol. The van der Waals surface area contributed by atoms with Crippen molar-refractivity contribution in [2.45, 2.75) is 12.5 Å². The fraction of sp³-hybridized carbons (Fsp3) is 0.353. The van der Waals surface area contributed by atoms with Crippen LogP contribution in [-0.4, -0.2) is 58.9 Å². The highest BCUT2D eigenvalue weighted by Crippen LogP contribution is 2.22. The van der Waals surface area contributed by atoms with Gasteiger partial charge in [0.1, 0.15) is 0 Å². The second-order valence-electron chi connectivity index (χ2n) is 6.07. The number of benzene rings is 1. The van der Waals surface area contributed by atoms with E-state index in [1.165, 1.54) is 0 Å². The van der Waals surface area contributed by atoms with Gasteiger partial charge in [-0.05, 0) is 38.2 Å². The Kier molecular flexibility index (Phi) is 4.25. The fourth-order valence-corrected chi connectivity index (χ4v) is 2.85. The van der Waals surface area contributed by atoms with Crippen LogP contribution in [0.4, 0.5) is 5.95 Å². The van der Waals surface area contributed by atoms with Crippen LogP contribution in [0, 0.1) is 0 Å². The van der Waals surface area contributed by atoms with Gasteiger partial charge < -0.3 is 15.5 Å². The Labute approximate surface area is 135 Å². The first-order chi connectivity index (χ1) is 11.0. The maximum absolute atomic E-state index is 12.7. The molecule has 2 heterocycles. The lowest BCUT2D eigenvalue weighted by molar-refractivity contribution is 0.0783. The molecule has 6 heteroatoms. The summed E-state index contributed by atoms with van der Waals surface area (Å²) in [6.07, 6.45) is 4.36. The van der Waals surface area contributed by atoms with E-state index in [2.05, 4.69) is 29.0 Å². The maximum Gasteiger partial charge on any atom is 0.253 e. The number of nitrogen functional groups attached to an aromatic ring is 1. The number of carbonyl (C=O) groups excluding carboxylic acids is 1. The normalized spacial score (nSPS) is 17.7. The lowest BCUT2D eigenvalue weighted by Gasteiger charge is -2.20. The number of amides is 1. The number of carbonyl (C=O) groups is 1. The quantitative estimate of drug-likeness (QED) is 0.930. The lowest BCUT2D eigenvalue weighted by atomic mass is 10.1. The molecule has 23 heavy (non-hydrogen) atoms. The van der Waals surface area contributed by atoms with Gasteiger partial charge in [0.2, 0.25) is 5.95 Å². The van der Waals surface area contributed by atoms with Crippen LogP contribution < -0.4 is 5.73 Å². The van der Waals surface area contributed by atoms with Gasteiger partial charge in [0.05, 0.1) is 0 Å². The molecule has 1 amide bonds. The van der Waals surface area contributed by atoms with Gasteiger partial charge in [0, 0.05) is 42.7 Å². The molecule has 1 aromatic carbocycles. The number of nitrogens with zero attached hydrogens (tertiary/aromatic N) is 4. The van der Waals surface area contributed by atoms with E-state index in [4.69, 9.17) is 5.73 Å². The first-order valence-corrected chi connectivity index (χ1v) is 7.68. The molecule has 0 bridgehead atoms. The van der Waals surface area contributed by atoms with Crippen molar-refractivity contribution in [3.8, 4) is 11.1 Å². The minimum absolute atomic E-state index is 0.0764. The number of rotatable bonds is 3. The van der Waals surface area contributed by atoms with Gasteiger partial charge in [-0.2, -0.15) is 0 Å². The number of hydrogen-bond acceptors (Lipinski definition) is 5. The number of nitrogens with two attached hydrogens (primary N) is 1. The van der Waals surface area contributed by atoms with Crippen LogP contribution in [0.15, 0.2) is 36.7 Å². The molecule has 1 fully saturated rings. The number of likely N-dealkylation sites (N-methyl/N-ethyl adjacent to an activating group) is 1. The van der Waals surface area contributed by atoms with Gasteiger partial charge in [0.25, 0.3) is 5.91 Å². The highest BCUT2D eigenvalue weighted by Gasteiger charge is 2.28. The fourth-order valence-electron chi connectivity index (χ4n) is 2.85. The van der Waals surface area contributed by atoms with Gasteiger partial charge >= 0.3 is 0 Å². The van der Waals surface area contributed by atoms with Crippen molar-refractivity contribution in [2.24, 2.45) is 0 Å². The predicted molar refractivity (Wildman–Crippen MR) is 89.9 cm³/mol. The lowest BCUT2D eigenvalue weighted by Crippen LogP contribution is -2.34. The molecule has 1 aromatic heterocycles. The van der Waals surface area contributed by atoms with Gasteiger partial charge in [0.15, 0.2) is 0 Å². The zero-order valence-corrected chi connectivity index (χ0v) is 13.4. The summed E-state index contributed by atoms with van der Waals surface area (Å²) in [5, 5.41) is 0. The van der Waals surface area contributed by atoms with Crippen molar-refractivity contribution < 1.29 is 4.79 Å². The molecule has 0 spiro atoms. The summed E-state index contributed by atoms with van der Waals surface area (Å²) < 4.78 is 0. The first-order valence-electron chi connectivity index (χ1n) is 7.68. The topological polar surface area (TPSA) is 75.3 Å². The van der Waals surface area contributed by atoms with Crippen LogP contribution >= 0.6 is 0 Å². The van der Waals surface area contributed by atoms with E-state index >= 15 is 0 Å².